The lowest BCUT2D eigenvalue weighted by Crippen LogP contribution is -2.32. The third-order valence-electron chi connectivity index (χ3n) is 6.38. The average Bonchev–Trinajstić information content (AvgIpc) is 3.42. The Bertz CT molecular complexity index is 1240. The number of amides is 2. The standard InChI is InChI=1S/C23H16N2O4/c26-21-18-13-5-6-14(11-13)19(18)22(27)25(21)15-9-7-12(8-10-15)20-24-17-4-2-1-3-16(17)23(28)29-20/h1-10,13-14,18-19H,11H2/t13-,14-,18+,19+/m0/s1. The lowest BCUT2D eigenvalue weighted by Gasteiger charge is -2.17. The zero-order valence-corrected chi connectivity index (χ0v) is 15.3. The van der Waals surface area contributed by atoms with Crippen LogP contribution in [0.5, 0.6) is 0 Å². The Hall–Kier alpha value is -3.54. The minimum Gasteiger partial charge on any atom is -0.403 e. The van der Waals surface area contributed by atoms with Crippen LogP contribution in [0, 0.1) is 23.7 Å². The third-order valence-corrected chi connectivity index (χ3v) is 6.38. The van der Waals surface area contributed by atoms with Crippen LogP contribution in [0.25, 0.3) is 22.4 Å². The second kappa shape index (κ2) is 5.73. The van der Waals surface area contributed by atoms with Gasteiger partial charge in [0.15, 0.2) is 0 Å². The number of carbonyl (C=O) groups is 2. The van der Waals surface area contributed by atoms with Crippen molar-refractivity contribution in [3.05, 3.63) is 71.1 Å². The fourth-order valence-corrected chi connectivity index (χ4v) is 5.05. The van der Waals surface area contributed by atoms with E-state index in [1.165, 1.54) is 4.90 Å². The molecule has 2 heterocycles. The molecule has 1 aromatic heterocycles. The molecule has 2 amide bonds. The monoisotopic (exact) mass is 384 g/mol. The molecule has 2 aliphatic carbocycles. The molecule has 0 N–H and O–H groups in total. The van der Waals surface area contributed by atoms with Crippen molar-refractivity contribution in [1.82, 2.24) is 4.98 Å². The summed E-state index contributed by atoms with van der Waals surface area (Å²) in [6.45, 7) is 0. The SMILES string of the molecule is O=C1[C@H]2[C@H](C(=O)N1c1ccc(-c3nc4ccccc4c(=O)o3)cc1)[C@H]1C=C[C@H]2C1. The van der Waals surface area contributed by atoms with Gasteiger partial charge in [-0.05, 0) is 54.7 Å². The Labute approximate surface area is 165 Å². The molecule has 0 unspecified atom stereocenters. The first kappa shape index (κ1) is 16.4. The maximum Gasteiger partial charge on any atom is 0.347 e. The van der Waals surface area contributed by atoms with E-state index in [9.17, 15) is 14.4 Å². The maximum absolute atomic E-state index is 12.9. The second-order valence-electron chi connectivity index (χ2n) is 7.88. The van der Waals surface area contributed by atoms with Crippen LogP contribution in [0.1, 0.15) is 6.42 Å². The van der Waals surface area contributed by atoms with Gasteiger partial charge in [0.1, 0.15) is 0 Å². The lowest BCUT2D eigenvalue weighted by atomic mass is 9.85. The molecule has 1 aliphatic heterocycles. The quantitative estimate of drug-likeness (QED) is 0.501. The highest BCUT2D eigenvalue weighted by atomic mass is 16.4. The van der Waals surface area contributed by atoms with Crippen molar-refractivity contribution in [1.29, 1.82) is 0 Å². The maximum atomic E-state index is 12.9. The number of hydrogen-bond donors (Lipinski definition) is 0. The summed E-state index contributed by atoms with van der Waals surface area (Å²) in [6.07, 6.45) is 5.07. The van der Waals surface area contributed by atoms with Crippen LogP contribution in [0.2, 0.25) is 0 Å². The fraction of sp³-hybridized carbons (Fsp3) is 0.217. The van der Waals surface area contributed by atoms with E-state index in [2.05, 4.69) is 17.1 Å². The smallest absolute Gasteiger partial charge is 0.347 e. The number of rotatable bonds is 2. The molecule has 2 fully saturated rings. The summed E-state index contributed by atoms with van der Waals surface area (Å²) < 4.78 is 5.36. The first-order chi connectivity index (χ1) is 14.1. The van der Waals surface area contributed by atoms with Crippen molar-refractivity contribution >= 4 is 28.4 Å². The summed E-state index contributed by atoms with van der Waals surface area (Å²) in [7, 11) is 0. The van der Waals surface area contributed by atoms with Crippen molar-refractivity contribution in [3.63, 3.8) is 0 Å². The molecule has 6 nitrogen and oxygen atoms in total. The van der Waals surface area contributed by atoms with Gasteiger partial charge < -0.3 is 4.42 Å². The third kappa shape index (κ3) is 2.23. The van der Waals surface area contributed by atoms with E-state index >= 15 is 0 Å². The van der Waals surface area contributed by atoms with Gasteiger partial charge in [-0.1, -0.05) is 24.3 Å². The number of para-hydroxylation sites is 1. The highest BCUT2D eigenvalue weighted by molar-refractivity contribution is 6.22. The summed E-state index contributed by atoms with van der Waals surface area (Å²) in [5.41, 5.74) is 1.26. The minimum absolute atomic E-state index is 0.111. The zero-order chi connectivity index (χ0) is 19.7. The van der Waals surface area contributed by atoms with E-state index in [0.29, 0.717) is 22.2 Å². The van der Waals surface area contributed by atoms with Crippen molar-refractivity contribution < 1.29 is 14.0 Å². The van der Waals surface area contributed by atoms with Crippen LogP contribution < -0.4 is 10.5 Å². The number of nitrogens with zero attached hydrogens (tertiary/aromatic N) is 2. The summed E-state index contributed by atoms with van der Waals surface area (Å²) in [6, 6.07) is 13.9. The van der Waals surface area contributed by atoms with Crippen LogP contribution in [0.15, 0.2) is 69.9 Å². The van der Waals surface area contributed by atoms with E-state index in [1.54, 1.807) is 42.5 Å². The molecule has 3 aliphatic rings. The number of carbonyl (C=O) groups excluding carboxylic acids is 2. The lowest BCUT2D eigenvalue weighted by molar-refractivity contribution is -0.123. The number of benzene rings is 2. The highest BCUT2D eigenvalue weighted by Gasteiger charge is 2.59. The summed E-state index contributed by atoms with van der Waals surface area (Å²) >= 11 is 0. The summed E-state index contributed by atoms with van der Waals surface area (Å²) in [5, 5.41) is 0.427. The van der Waals surface area contributed by atoms with Gasteiger partial charge in [-0.3, -0.25) is 14.5 Å². The highest BCUT2D eigenvalue weighted by Crippen LogP contribution is 2.53. The van der Waals surface area contributed by atoms with E-state index in [1.807, 2.05) is 6.07 Å². The second-order valence-corrected chi connectivity index (χ2v) is 7.88. The molecule has 6 rings (SSSR count). The fourth-order valence-electron chi connectivity index (χ4n) is 5.05. The van der Waals surface area contributed by atoms with Crippen LogP contribution in [-0.4, -0.2) is 16.8 Å². The number of allylic oxidation sites excluding steroid dienone is 2. The minimum atomic E-state index is -0.449. The van der Waals surface area contributed by atoms with Gasteiger partial charge in [-0.25, -0.2) is 9.78 Å². The van der Waals surface area contributed by atoms with E-state index in [0.717, 1.165) is 6.42 Å². The number of fused-ring (bicyclic) bond motifs is 6. The van der Waals surface area contributed by atoms with Gasteiger partial charge in [-0.15, -0.1) is 0 Å². The van der Waals surface area contributed by atoms with Crippen molar-refractivity contribution in [2.45, 2.75) is 6.42 Å². The molecule has 4 atom stereocenters. The first-order valence-electron chi connectivity index (χ1n) is 9.68. The van der Waals surface area contributed by atoms with Crippen molar-refractivity contribution in [2.24, 2.45) is 23.7 Å². The average molecular weight is 384 g/mol. The van der Waals surface area contributed by atoms with E-state index in [-0.39, 0.29) is 41.4 Å². The predicted molar refractivity (Wildman–Crippen MR) is 106 cm³/mol. The van der Waals surface area contributed by atoms with Gasteiger partial charge in [0.25, 0.3) is 0 Å². The van der Waals surface area contributed by atoms with Gasteiger partial charge in [0, 0.05) is 5.56 Å². The number of anilines is 1. The Morgan fingerprint density at radius 2 is 1.52 bits per heavy atom. The Kier molecular flexibility index (Phi) is 3.25. The molecule has 2 bridgehead atoms. The molecule has 0 spiro atoms. The topological polar surface area (TPSA) is 80.5 Å². The van der Waals surface area contributed by atoms with Gasteiger partial charge >= 0.3 is 5.63 Å². The normalized spacial score (nSPS) is 27.2. The van der Waals surface area contributed by atoms with Crippen molar-refractivity contribution in [2.75, 3.05) is 4.90 Å². The molecule has 29 heavy (non-hydrogen) atoms. The molecule has 3 aromatic rings. The molecule has 2 aromatic carbocycles. The number of imide groups is 1. The predicted octanol–water partition coefficient (Wildman–Crippen LogP) is 3.17. The Balaban J connectivity index is 1.35. The molecule has 1 saturated carbocycles. The van der Waals surface area contributed by atoms with Gasteiger partial charge in [-0.2, -0.15) is 0 Å². The van der Waals surface area contributed by atoms with Crippen LogP contribution in [-0.2, 0) is 9.59 Å². The summed E-state index contributed by atoms with van der Waals surface area (Å²) in [5.74, 6) is -0.100. The number of hydrogen-bond acceptors (Lipinski definition) is 5. The largest absolute Gasteiger partial charge is 0.403 e. The molecular formula is C23H16N2O4. The number of aromatic nitrogens is 1. The van der Waals surface area contributed by atoms with E-state index in [4.69, 9.17) is 4.42 Å². The molecule has 1 saturated heterocycles. The molecule has 0 radical (unpaired) electrons. The van der Waals surface area contributed by atoms with Crippen LogP contribution in [0.4, 0.5) is 5.69 Å². The molecule has 6 heteroatoms. The van der Waals surface area contributed by atoms with Gasteiger partial charge in [0.05, 0.1) is 28.4 Å². The molecule has 142 valence electrons. The summed E-state index contributed by atoms with van der Waals surface area (Å²) in [4.78, 5) is 43.8. The Morgan fingerprint density at radius 1 is 0.862 bits per heavy atom. The van der Waals surface area contributed by atoms with Crippen LogP contribution >= 0.6 is 0 Å². The van der Waals surface area contributed by atoms with Gasteiger partial charge in [0.2, 0.25) is 17.7 Å². The van der Waals surface area contributed by atoms with Crippen molar-refractivity contribution in [3.8, 4) is 11.5 Å². The Morgan fingerprint density at radius 3 is 2.21 bits per heavy atom. The zero-order valence-electron chi connectivity index (χ0n) is 15.3. The first-order valence-corrected chi connectivity index (χ1v) is 9.68. The van der Waals surface area contributed by atoms with E-state index < -0.39 is 5.63 Å². The van der Waals surface area contributed by atoms with Crippen LogP contribution in [0.3, 0.4) is 0 Å². The molecular weight excluding hydrogens is 368 g/mol.